The summed E-state index contributed by atoms with van der Waals surface area (Å²) in [5.41, 5.74) is 3.00. The van der Waals surface area contributed by atoms with Gasteiger partial charge in [-0.05, 0) is 47.8 Å². The molecule has 1 fully saturated rings. The quantitative estimate of drug-likeness (QED) is 0.855. The minimum absolute atomic E-state index is 0.0295. The van der Waals surface area contributed by atoms with Gasteiger partial charge in [-0.25, -0.2) is 5.01 Å². The van der Waals surface area contributed by atoms with Gasteiger partial charge in [-0.3, -0.25) is 14.6 Å². The molecule has 1 aromatic heterocycles. The predicted molar refractivity (Wildman–Crippen MR) is 89.2 cm³/mol. The minimum atomic E-state index is -0.232. The second kappa shape index (κ2) is 6.32. The summed E-state index contributed by atoms with van der Waals surface area (Å²) in [6.45, 7) is 1.16. The van der Waals surface area contributed by atoms with Crippen LogP contribution in [0, 0.1) is 5.92 Å². The maximum absolute atomic E-state index is 12.7. The number of rotatable bonds is 3. The molecule has 0 N–H and O–H groups in total. The summed E-state index contributed by atoms with van der Waals surface area (Å²) in [5.74, 6) is 0.125. The molecule has 0 unspecified atom stereocenters. The zero-order valence-electron chi connectivity index (χ0n) is 13.2. The summed E-state index contributed by atoms with van der Waals surface area (Å²) < 4.78 is 3.73. The first kappa shape index (κ1) is 15.3. The molecule has 1 aromatic carbocycles. The Labute approximate surface area is 144 Å². The van der Waals surface area contributed by atoms with Crippen molar-refractivity contribution in [3.63, 3.8) is 0 Å². The molecule has 0 saturated carbocycles. The fourth-order valence-corrected chi connectivity index (χ4v) is 4.05. The Morgan fingerprint density at radius 1 is 1.12 bits per heavy atom. The molecular weight excluding hydrogens is 324 g/mol. The average Bonchev–Trinajstić information content (AvgIpc) is 3.32. The van der Waals surface area contributed by atoms with E-state index in [4.69, 9.17) is 0 Å². The van der Waals surface area contributed by atoms with Crippen molar-refractivity contribution < 1.29 is 9.59 Å². The summed E-state index contributed by atoms with van der Waals surface area (Å²) >= 11 is 1.14. The van der Waals surface area contributed by atoms with E-state index in [9.17, 15) is 9.59 Å². The number of carbonyl (C=O) groups is 2. The molecule has 4 rings (SSSR count). The fraction of sp³-hybridized carbons (Fsp3) is 0.412. The first-order valence-corrected chi connectivity index (χ1v) is 9.02. The van der Waals surface area contributed by atoms with Gasteiger partial charge in [-0.1, -0.05) is 28.8 Å². The third-order valence-electron chi connectivity index (χ3n) is 4.73. The summed E-state index contributed by atoms with van der Waals surface area (Å²) in [6, 6.07) is 8.37. The zero-order valence-corrected chi connectivity index (χ0v) is 14.0. The van der Waals surface area contributed by atoms with E-state index in [-0.39, 0.29) is 11.8 Å². The lowest BCUT2D eigenvalue weighted by atomic mass is 10.0. The van der Waals surface area contributed by atoms with Crippen LogP contribution in [0.5, 0.6) is 0 Å². The Morgan fingerprint density at radius 3 is 2.50 bits per heavy atom. The Balaban J connectivity index is 1.42. The summed E-state index contributed by atoms with van der Waals surface area (Å²) in [5, 5.41) is 8.58. The molecule has 0 atom stereocenters. The summed E-state index contributed by atoms with van der Waals surface area (Å²) in [4.78, 5) is 25.2. The molecule has 2 heterocycles. The first-order chi connectivity index (χ1) is 11.7. The van der Waals surface area contributed by atoms with E-state index in [1.54, 1.807) is 10.4 Å². The average molecular weight is 342 g/mol. The summed E-state index contributed by atoms with van der Waals surface area (Å²) in [7, 11) is 0. The van der Waals surface area contributed by atoms with Crippen LogP contribution in [-0.4, -0.2) is 44.5 Å². The maximum Gasteiger partial charge on any atom is 0.293 e. The third-order valence-corrected chi connectivity index (χ3v) is 5.24. The van der Waals surface area contributed by atoms with Crippen molar-refractivity contribution in [1.29, 1.82) is 0 Å². The van der Waals surface area contributed by atoms with Gasteiger partial charge in [0.25, 0.3) is 5.91 Å². The molecule has 7 heteroatoms. The van der Waals surface area contributed by atoms with Gasteiger partial charge >= 0.3 is 0 Å². The van der Waals surface area contributed by atoms with Crippen molar-refractivity contribution >= 4 is 23.3 Å². The van der Waals surface area contributed by atoms with Crippen molar-refractivity contribution in [2.45, 2.75) is 25.7 Å². The second-order valence-corrected chi connectivity index (χ2v) is 6.95. The molecule has 24 heavy (non-hydrogen) atoms. The highest BCUT2D eigenvalue weighted by atomic mass is 32.1. The molecule has 2 amide bonds. The SMILES string of the molecule is O=C(CC1Cc2ccccc2C1)N1CCCN1C(=O)c1csnn1. The Kier molecular flexibility index (Phi) is 4.02. The Morgan fingerprint density at radius 2 is 1.83 bits per heavy atom. The smallest absolute Gasteiger partial charge is 0.273 e. The van der Waals surface area contributed by atoms with Crippen LogP contribution < -0.4 is 0 Å². The lowest BCUT2D eigenvalue weighted by Gasteiger charge is -2.28. The first-order valence-electron chi connectivity index (χ1n) is 8.18. The molecule has 0 spiro atoms. The second-order valence-electron chi connectivity index (χ2n) is 6.34. The largest absolute Gasteiger partial charge is 0.293 e. The Bertz CT molecular complexity index is 737. The van der Waals surface area contributed by atoms with Crippen LogP contribution >= 0.6 is 11.5 Å². The highest BCUT2D eigenvalue weighted by Gasteiger charge is 2.34. The molecule has 1 saturated heterocycles. The van der Waals surface area contributed by atoms with Gasteiger partial charge < -0.3 is 0 Å². The number of amides is 2. The number of carbonyl (C=O) groups excluding carboxylic acids is 2. The lowest BCUT2D eigenvalue weighted by Crippen LogP contribution is -2.45. The van der Waals surface area contributed by atoms with Gasteiger partial charge in [0.1, 0.15) is 0 Å². The van der Waals surface area contributed by atoms with Crippen LogP contribution in [0.2, 0.25) is 0 Å². The van der Waals surface area contributed by atoms with Crippen LogP contribution in [0.3, 0.4) is 0 Å². The molecule has 6 nitrogen and oxygen atoms in total. The topological polar surface area (TPSA) is 66.4 Å². The molecule has 2 aromatic rings. The van der Waals surface area contributed by atoms with Gasteiger partial charge in [-0.15, -0.1) is 5.10 Å². The highest BCUT2D eigenvalue weighted by molar-refractivity contribution is 7.03. The van der Waals surface area contributed by atoms with Crippen molar-refractivity contribution in [2.24, 2.45) is 5.92 Å². The molecule has 0 radical (unpaired) electrons. The zero-order chi connectivity index (χ0) is 16.5. The van der Waals surface area contributed by atoms with Crippen LogP contribution in [0.1, 0.15) is 34.5 Å². The minimum Gasteiger partial charge on any atom is -0.273 e. The van der Waals surface area contributed by atoms with Crippen LogP contribution in [0.25, 0.3) is 0 Å². The maximum atomic E-state index is 12.7. The molecular formula is C17H18N4O2S. The predicted octanol–water partition coefficient (Wildman–Crippen LogP) is 1.93. The van der Waals surface area contributed by atoms with Crippen LogP contribution in [-0.2, 0) is 17.6 Å². The monoisotopic (exact) mass is 342 g/mol. The van der Waals surface area contributed by atoms with E-state index >= 15 is 0 Å². The fourth-order valence-electron chi connectivity index (χ4n) is 3.62. The summed E-state index contributed by atoms with van der Waals surface area (Å²) in [6.07, 6.45) is 3.17. The van der Waals surface area contributed by atoms with Crippen LogP contribution in [0.15, 0.2) is 29.6 Å². The van der Waals surface area contributed by atoms with E-state index in [0.29, 0.717) is 31.1 Å². The molecule has 124 valence electrons. The van der Waals surface area contributed by atoms with Crippen molar-refractivity contribution in [1.82, 2.24) is 19.6 Å². The highest BCUT2D eigenvalue weighted by Crippen LogP contribution is 2.29. The number of benzene rings is 1. The van der Waals surface area contributed by atoms with E-state index < -0.39 is 0 Å². The van der Waals surface area contributed by atoms with Gasteiger partial charge in [0.15, 0.2) is 5.69 Å². The standard InChI is InChI=1S/C17H18N4O2S/c22-16(10-12-8-13-4-1-2-5-14(13)9-12)20-6-3-7-21(20)17(23)15-11-24-19-18-15/h1-2,4-5,11-12H,3,6-10H2. The van der Waals surface area contributed by atoms with Crippen molar-refractivity contribution in [2.75, 3.05) is 13.1 Å². The number of aromatic nitrogens is 2. The number of hydrogen-bond acceptors (Lipinski definition) is 5. The number of fused-ring (bicyclic) bond motifs is 1. The van der Waals surface area contributed by atoms with E-state index in [2.05, 4.69) is 21.7 Å². The normalized spacial score (nSPS) is 17.3. The van der Waals surface area contributed by atoms with E-state index in [0.717, 1.165) is 30.8 Å². The lowest BCUT2D eigenvalue weighted by molar-refractivity contribution is -0.141. The van der Waals surface area contributed by atoms with E-state index in [1.807, 2.05) is 12.1 Å². The molecule has 2 aliphatic rings. The van der Waals surface area contributed by atoms with Gasteiger partial charge in [-0.2, -0.15) is 0 Å². The van der Waals surface area contributed by atoms with Crippen molar-refractivity contribution in [3.8, 4) is 0 Å². The number of hydrazine groups is 1. The molecule has 1 aliphatic carbocycles. The van der Waals surface area contributed by atoms with E-state index in [1.165, 1.54) is 16.1 Å². The third kappa shape index (κ3) is 2.80. The van der Waals surface area contributed by atoms with Crippen molar-refractivity contribution in [3.05, 3.63) is 46.5 Å². The number of nitrogens with zero attached hydrogens (tertiary/aromatic N) is 4. The molecule has 0 bridgehead atoms. The number of hydrogen-bond donors (Lipinski definition) is 0. The van der Waals surface area contributed by atoms with Gasteiger partial charge in [0.05, 0.1) is 0 Å². The van der Waals surface area contributed by atoms with Crippen LogP contribution in [0.4, 0.5) is 0 Å². The Hall–Kier alpha value is -2.28. The van der Waals surface area contributed by atoms with Gasteiger partial charge in [0, 0.05) is 24.9 Å². The van der Waals surface area contributed by atoms with Gasteiger partial charge in [0.2, 0.25) is 5.91 Å². The molecule has 1 aliphatic heterocycles.